The number of amides is 2. The molecule has 2 aliphatic rings. The van der Waals surface area contributed by atoms with Crippen LogP contribution in [0.25, 0.3) is 6.08 Å². The number of nitrogens with two attached hydrogens (primary N) is 1. The van der Waals surface area contributed by atoms with Gasteiger partial charge < -0.3 is 20.7 Å². The molecule has 1 saturated carbocycles. The van der Waals surface area contributed by atoms with Crippen LogP contribution in [-0.4, -0.2) is 47.2 Å². The SMILES string of the molecule is CCCN(CC1CC1)C(=O)C1=Cc2ccc(C(=O)Nc3cncc(OCC)c3)cc2N=C(N)C1. The van der Waals surface area contributed by atoms with E-state index in [9.17, 15) is 9.59 Å². The van der Waals surface area contributed by atoms with Crippen molar-refractivity contribution in [3.05, 3.63) is 53.4 Å². The molecule has 1 aliphatic heterocycles. The summed E-state index contributed by atoms with van der Waals surface area (Å²) in [6, 6.07) is 6.94. The van der Waals surface area contributed by atoms with Crippen molar-refractivity contribution in [2.24, 2.45) is 16.6 Å². The molecule has 34 heavy (non-hydrogen) atoms. The number of rotatable bonds is 9. The first-order valence-electron chi connectivity index (χ1n) is 11.8. The molecule has 1 fully saturated rings. The number of carbonyl (C=O) groups excluding carboxylic acids is 2. The first-order valence-corrected chi connectivity index (χ1v) is 11.8. The molecule has 2 aromatic rings. The summed E-state index contributed by atoms with van der Waals surface area (Å²) in [5, 5.41) is 2.83. The van der Waals surface area contributed by atoms with Gasteiger partial charge in [-0.1, -0.05) is 13.0 Å². The van der Waals surface area contributed by atoms with Crippen LogP contribution in [0.4, 0.5) is 11.4 Å². The van der Waals surface area contributed by atoms with Crippen molar-refractivity contribution in [1.29, 1.82) is 0 Å². The minimum Gasteiger partial charge on any atom is -0.492 e. The first kappa shape index (κ1) is 23.5. The van der Waals surface area contributed by atoms with Crippen molar-refractivity contribution in [2.75, 3.05) is 25.0 Å². The van der Waals surface area contributed by atoms with Crippen LogP contribution >= 0.6 is 0 Å². The Kier molecular flexibility index (Phi) is 7.25. The van der Waals surface area contributed by atoms with E-state index in [-0.39, 0.29) is 18.2 Å². The second-order valence-electron chi connectivity index (χ2n) is 8.71. The number of amidine groups is 1. The van der Waals surface area contributed by atoms with Gasteiger partial charge in [-0.3, -0.25) is 14.6 Å². The topological polar surface area (TPSA) is 110 Å². The number of hydrogen-bond acceptors (Lipinski definition) is 6. The van der Waals surface area contributed by atoms with Gasteiger partial charge >= 0.3 is 0 Å². The number of fused-ring (bicyclic) bond motifs is 1. The number of carbonyl (C=O) groups is 2. The maximum Gasteiger partial charge on any atom is 0.255 e. The van der Waals surface area contributed by atoms with Gasteiger partial charge in [0.25, 0.3) is 5.91 Å². The molecule has 1 aromatic heterocycles. The Bertz CT molecular complexity index is 1140. The van der Waals surface area contributed by atoms with E-state index in [4.69, 9.17) is 10.5 Å². The lowest BCUT2D eigenvalue weighted by molar-refractivity contribution is -0.127. The highest BCUT2D eigenvalue weighted by Gasteiger charge is 2.28. The molecule has 3 N–H and O–H groups in total. The van der Waals surface area contributed by atoms with Crippen molar-refractivity contribution >= 4 is 35.1 Å². The van der Waals surface area contributed by atoms with Crippen LogP contribution in [0.15, 0.2) is 47.2 Å². The van der Waals surface area contributed by atoms with Crippen LogP contribution in [0.1, 0.15) is 55.5 Å². The normalized spacial score (nSPS) is 14.9. The van der Waals surface area contributed by atoms with Crippen LogP contribution in [0, 0.1) is 5.92 Å². The second kappa shape index (κ2) is 10.5. The van der Waals surface area contributed by atoms with E-state index in [1.54, 1.807) is 36.7 Å². The summed E-state index contributed by atoms with van der Waals surface area (Å²) < 4.78 is 5.44. The number of pyridine rings is 1. The minimum atomic E-state index is -0.296. The molecule has 4 rings (SSSR count). The van der Waals surface area contributed by atoms with Crippen LogP contribution in [-0.2, 0) is 4.79 Å². The van der Waals surface area contributed by atoms with Gasteiger partial charge in [-0.2, -0.15) is 0 Å². The molecule has 0 unspecified atom stereocenters. The lowest BCUT2D eigenvalue weighted by Crippen LogP contribution is -2.35. The van der Waals surface area contributed by atoms with Crippen LogP contribution in [0.5, 0.6) is 5.75 Å². The maximum absolute atomic E-state index is 13.3. The Morgan fingerprint density at radius 3 is 2.76 bits per heavy atom. The van der Waals surface area contributed by atoms with Crippen molar-refractivity contribution < 1.29 is 14.3 Å². The minimum absolute atomic E-state index is 0.0169. The first-order chi connectivity index (χ1) is 16.5. The molecule has 1 aromatic carbocycles. The van der Waals surface area contributed by atoms with E-state index >= 15 is 0 Å². The average molecular weight is 462 g/mol. The zero-order valence-corrected chi connectivity index (χ0v) is 19.7. The largest absolute Gasteiger partial charge is 0.492 e. The summed E-state index contributed by atoms with van der Waals surface area (Å²) in [4.78, 5) is 36.7. The maximum atomic E-state index is 13.3. The smallest absolute Gasteiger partial charge is 0.255 e. The highest BCUT2D eigenvalue weighted by Crippen LogP contribution is 2.32. The third kappa shape index (κ3) is 5.81. The number of ether oxygens (including phenoxy) is 1. The zero-order valence-electron chi connectivity index (χ0n) is 19.7. The summed E-state index contributed by atoms with van der Waals surface area (Å²) >= 11 is 0. The van der Waals surface area contributed by atoms with Gasteiger partial charge in [0, 0.05) is 42.3 Å². The molecule has 0 atom stereocenters. The van der Waals surface area contributed by atoms with Gasteiger partial charge in [-0.15, -0.1) is 0 Å². The quantitative estimate of drug-likeness (QED) is 0.583. The Morgan fingerprint density at radius 2 is 2.03 bits per heavy atom. The highest BCUT2D eigenvalue weighted by molar-refractivity contribution is 6.07. The van der Waals surface area contributed by atoms with E-state index in [0.29, 0.717) is 46.6 Å². The predicted octanol–water partition coefficient (Wildman–Crippen LogP) is 4.16. The molecule has 178 valence electrons. The fraction of sp³-hybridized carbons (Fsp3) is 0.385. The summed E-state index contributed by atoms with van der Waals surface area (Å²) in [5.41, 5.74) is 9.11. The molecule has 0 radical (unpaired) electrons. The van der Waals surface area contributed by atoms with E-state index in [2.05, 4.69) is 22.2 Å². The molecule has 1 aliphatic carbocycles. The number of benzene rings is 1. The molecule has 0 bridgehead atoms. The van der Waals surface area contributed by atoms with Crippen LogP contribution in [0.2, 0.25) is 0 Å². The second-order valence-corrected chi connectivity index (χ2v) is 8.71. The summed E-state index contributed by atoms with van der Waals surface area (Å²) in [7, 11) is 0. The fourth-order valence-corrected chi connectivity index (χ4v) is 3.97. The van der Waals surface area contributed by atoms with Gasteiger partial charge in [0.2, 0.25) is 5.91 Å². The lowest BCUT2D eigenvalue weighted by Gasteiger charge is -2.23. The van der Waals surface area contributed by atoms with Gasteiger partial charge in [-0.05, 0) is 50.3 Å². The molecular weight excluding hydrogens is 430 g/mol. The molecule has 8 heteroatoms. The molecular formula is C26H31N5O3. The lowest BCUT2D eigenvalue weighted by atomic mass is 10.0. The highest BCUT2D eigenvalue weighted by atomic mass is 16.5. The van der Waals surface area contributed by atoms with Crippen molar-refractivity contribution in [3.8, 4) is 5.75 Å². The molecule has 2 heterocycles. The third-order valence-corrected chi connectivity index (χ3v) is 5.77. The summed E-state index contributed by atoms with van der Waals surface area (Å²) in [5.74, 6) is 1.28. The van der Waals surface area contributed by atoms with Gasteiger partial charge in [-0.25, -0.2) is 4.99 Å². The standard InChI is InChI=1S/C26H31N5O3/c1-3-9-31(16-17-5-6-17)26(33)20-10-18-7-8-19(11-23(18)30-24(27)12-20)25(32)29-21-13-22(34-4-2)15-28-14-21/h7-8,10-11,13-15,17H,3-6,9,12,16H2,1-2H3,(H2,27,30)(H,29,32). The van der Waals surface area contributed by atoms with Crippen molar-refractivity contribution in [1.82, 2.24) is 9.88 Å². The number of hydrogen-bond donors (Lipinski definition) is 2. The number of aliphatic imine (C=N–C) groups is 1. The zero-order chi connectivity index (χ0) is 24.1. The van der Waals surface area contributed by atoms with E-state index in [1.165, 1.54) is 12.8 Å². The van der Waals surface area contributed by atoms with E-state index < -0.39 is 0 Å². The molecule has 2 amide bonds. The number of nitrogens with one attached hydrogen (secondary N) is 1. The van der Waals surface area contributed by atoms with Crippen LogP contribution < -0.4 is 15.8 Å². The Hall–Kier alpha value is -3.68. The van der Waals surface area contributed by atoms with Gasteiger partial charge in [0.15, 0.2) is 0 Å². The van der Waals surface area contributed by atoms with Crippen molar-refractivity contribution in [2.45, 2.75) is 39.5 Å². The summed E-state index contributed by atoms with van der Waals surface area (Å²) in [6.45, 7) is 6.00. The average Bonchev–Trinajstić information content (AvgIpc) is 3.64. The molecule has 0 saturated heterocycles. The van der Waals surface area contributed by atoms with Crippen LogP contribution in [0.3, 0.4) is 0 Å². The monoisotopic (exact) mass is 461 g/mol. The molecule has 0 spiro atoms. The third-order valence-electron chi connectivity index (χ3n) is 5.77. The number of nitrogens with zero attached hydrogens (tertiary/aromatic N) is 3. The van der Waals surface area contributed by atoms with Crippen molar-refractivity contribution in [3.63, 3.8) is 0 Å². The number of aromatic nitrogens is 1. The Balaban J connectivity index is 1.55. The predicted molar refractivity (Wildman–Crippen MR) is 133 cm³/mol. The Morgan fingerprint density at radius 1 is 1.21 bits per heavy atom. The van der Waals surface area contributed by atoms with E-state index in [0.717, 1.165) is 25.1 Å². The number of anilines is 1. The molecule has 8 nitrogen and oxygen atoms in total. The van der Waals surface area contributed by atoms with E-state index in [1.807, 2.05) is 17.9 Å². The fourth-order valence-electron chi connectivity index (χ4n) is 3.97. The summed E-state index contributed by atoms with van der Waals surface area (Å²) in [6.07, 6.45) is 8.59. The van der Waals surface area contributed by atoms with Gasteiger partial charge in [0.1, 0.15) is 11.6 Å². The van der Waals surface area contributed by atoms with Gasteiger partial charge in [0.05, 0.1) is 30.4 Å². The Labute approximate surface area is 199 Å².